The zero-order valence-electron chi connectivity index (χ0n) is 23.6. The van der Waals surface area contributed by atoms with Crippen molar-refractivity contribution in [2.45, 2.75) is 19.3 Å². The van der Waals surface area contributed by atoms with E-state index in [1.54, 1.807) is 32.2 Å². The number of benzene rings is 3. The van der Waals surface area contributed by atoms with Crippen molar-refractivity contribution in [3.63, 3.8) is 0 Å². The summed E-state index contributed by atoms with van der Waals surface area (Å²) in [7, 11) is 4.91. The lowest BCUT2D eigenvalue weighted by Crippen LogP contribution is -2.16. The fourth-order valence-corrected chi connectivity index (χ4v) is 5.53. The first-order valence-electron chi connectivity index (χ1n) is 13.5. The second kappa shape index (κ2) is 10.2. The number of fused-ring (bicyclic) bond motifs is 4. The first-order chi connectivity index (χ1) is 20.6. The van der Waals surface area contributed by atoms with Gasteiger partial charge in [-0.25, -0.2) is 19.2 Å². The van der Waals surface area contributed by atoms with Crippen LogP contribution in [0.1, 0.15) is 39.7 Å². The molecule has 1 aliphatic rings. The third-order valence-electron chi connectivity index (χ3n) is 7.53. The van der Waals surface area contributed by atoms with Crippen molar-refractivity contribution >= 4 is 5.65 Å². The molecule has 0 radical (unpaired) electrons. The van der Waals surface area contributed by atoms with Crippen LogP contribution in [0.4, 0.5) is 0 Å². The van der Waals surface area contributed by atoms with E-state index in [-0.39, 0.29) is 5.92 Å². The summed E-state index contributed by atoms with van der Waals surface area (Å²) in [5.41, 5.74) is 6.16. The van der Waals surface area contributed by atoms with E-state index in [2.05, 4.69) is 0 Å². The Labute approximate surface area is 242 Å². The van der Waals surface area contributed by atoms with Crippen LogP contribution in [0.5, 0.6) is 29.0 Å². The van der Waals surface area contributed by atoms with Gasteiger partial charge in [0.2, 0.25) is 11.8 Å². The van der Waals surface area contributed by atoms with E-state index in [1.165, 1.54) is 0 Å². The number of methoxy groups -OCH3 is 3. The van der Waals surface area contributed by atoms with Gasteiger partial charge in [-0.05, 0) is 54.4 Å². The highest BCUT2D eigenvalue weighted by atomic mass is 16.5. The van der Waals surface area contributed by atoms with Gasteiger partial charge in [0.25, 0.3) is 0 Å². The molecule has 6 aromatic rings. The molecule has 10 nitrogen and oxygen atoms in total. The molecular formula is C32H28N6O4. The van der Waals surface area contributed by atoms with Gasteiger partial charge in [0.1, 0.15) is 12.1 Å². The number of para-hydroxylation sites is 1. The van der Waals surface area contributed by atoms with Crippen molar-refractivity contribution in [3.05, 3.63) is 113 Å². The molecule has 1 aliphatic heterocycles. The van der Waals surface area contributed by atoms with Gasteiger partial charge in [-0.15, -0.1) is 5.10 Å². The second-order valence-corrected chi connectivity index (χ2v) is 9.99. The fourth-order valence-electron chi connectivity index (χ4n) is 5.53. The number of rotatable bonds is 7. The molecule has 0 spiro atoms. The third kappa shape index (κ3) is 4.19. The van der Waals surface area contributed by atoms with Crippen molar-refractivity contribution in [1.29, 1.82) is 0 Å². The Morgan fingerprint density at radius 2 is 1.62 bits per heavy atom. The summed E-state index contributed by atoms with van der Waals surface area (Å²) in [6.45, 7) is 1.99. The molecule has 1 atom stereocenters. The Kier molecular flexibility index (Phi) is 6.23. The summed E-state index contributed by atoms with van der Waals surface area (Å²) in [5, 5.41) is 9.68. The van der Waals surface area contributed by atoms with Gasteiger partial charge in [-0.3, -0.25) is 0 Å². The maximum atomic E-state index is 6.54. The van der Waals surface area contributed by atoms with Crippen LogP contribution in [0.25, 0.3) is 11.3 Å². The van der Waals surface area contributed by atoms with E-state index < -0.39 is 0 Å². The minimum absolute atomic E-state index is 0.310. The summed E-state index contributed by atoms with van der Waals surface area (Å²) < 4.78 is 26.6. The highest BCUT2D eigenvalue weighted by Crippen LogP contribution is 2.50. The van der Waals surface area contributed by atoms with Gasteiger partial charge < -0.3 is 18.9 Å². The Balaban J connectivity index is 1.42. The van der Waals surface area contributed by atoms with Gasteiger partial charge in [0.15, 0.2) is 23.0 Å². The van der Waals surface area contributed by atoms with Crippen LogP contribution >= 0.6 is 0 Å². The van der Waals surface area contributed by atoms with E-state index in [4.69, 9.17) is 39.1 Å². The number of aromatic nitrogens is 6. The minimum atomic E-state index is -0.310. The zero-order chi connectivity index (χ0) is 28.8. The molecule has 3 aromatic heterocycles. The standard InChI is InChI=1S/C32H28N6O4/c1-19-27-28(21-12-15-24(40-3)25(17-21)41-4)29-30-34-26(16-20-10-13-23(39-2)14-11-20)36-37(30)18-33-31(29)42-32(27)38(35-19)22-8-6-5-7-9-22/h5-15,17-18,28H,16H2,1-4H3/t28-/m0/s1. The first kappa shape index (κ1) is 25.6. The molecule has 0 amide bonds. The zero-order valence-corrected chi connectivity index (χ0v) is 23.6. The molecule has 0 saturated carbocycles. The lowest BCUT2D eigenvalue weighted by atomic mass is 9.84. The molecule has 210 valence electrons. The van der Waals surface area contributed by atoms with Gasteiger partial charge in [0, 0.05) is 6.42 Å². The van der Waals surface area contributed by atoms with Crippen LogP contribution in [-0.4, -0.2) is 50.7 Å². The summed E-state index contributed by atoms with van der Waals surface area (Å²) in [6.07, 6.45) is 2.20. The topological polar surface area (TPSA) is 97.8 Å². The largest absolute Gasteiger partial charge is 0.497 e. The third-order valence-corrected chi connectivity index (χ3v) is 7.53. The molecule has 42 heavy (non-hydrogen) atoms. The van der Waals surface area contributed by atoms with Crippen molar-refractivity contribution in [3.8, 4) is 34.7 Å². The van der Waals surface area contributed by atoms with Crippen LogP contribution in [-0.2, 0) is 6.42 Å². The quantitative estimate of drug-likeness (QED) is 0.251. The molecule has 10 heteroatoms. The number of ether oxygens (including phenoxy) is 4. The van der Waals surface area contributed by atoms with Crippen LogP contribution in [0, 0.1) is 6.92 Å². The molecule has 0 unspecified atom stereocenters. The summed E-state index contributed by atoms with van der Waals surface area (Å²) >= 11 is 0. The molecular weight excluding hydrogens is 532 g/mol. The first-order valence-corrected chi connectivity index (χ1v) is 13.5. The molecule has 7 rings (SSSR count). The van der Waals surface area contributed by atoms with E-state index in [0.717, 1.165) is 39.4 Å². The van der Waals surface area contributed by atoms with Gasteiger partial charge in [-0.1, -0.05) is 36.4 Å². The number of nitrogens with zero attached hydrogens (tertiary/aromatic N) is 6. The van der Waals surface area contributed by atoms with E-state index in [1.807, 2.05) is 84.4 Å². The normalized spacial score (nSPS) is 13.8. The van der Waals surface area contributed by atoms with Crippen LogP contribution in [0.15, 0.2) is 79.1 Å². The minimum Gasteiger partial charge on any atom is -0.497 e. The number of hydrogen-bond acceptors (Lipinski definition) is 8. The van der Waals surface area contributed by atoms with Gasteiger partial charge in [-0.2, -0.15) is 5.10 Å². The fraction of sp³-hybridized carbons (Fsp3) is 0.188. The molecule has 0 bridgehead atoms. The maximum Gasteiger partial charge on any atom is 0.230 e. The number of aryl methyl sites for hydroxylation is 1. The van der Waals surface area contributed by atoms with Crippen molar-refractivity contribution in [2.24, 2.45) is 0 Å². The molecule has 4 heterocycles. The van der Waals surface area contributed by atoms with Crippen molar-refractivity contribution in [2.75, 3.05) is 21.3 Å². The van der Waals surface area contributed by atoms with Crippen LogP contribution in [0.2, 0.25) is 0 Å². The molecule has 0 N–H and O–H groups in total. The van der Waals surface area contributed by atoms with E-state index >= 15 is 0 Å². The van der Waals surface area contributed by atoms with E-state index in [0.29, 0.717) is 41.2 Å². The summed E-state index contributed by atoms with van der Waals surface area (Å²) in [4.78, 5) is 9.71. The monoisotopic (exact) mass is 560 g/mol. The Hall–Kier alpha value is -5.38. The highest BCUT2D eigenvalue weighted by Gasteiger charge is 2.38. The second-order valence-electron chi connectivity index (χ2n) is 9.99. The number of hydrogen-bond donors (Lipinski definition) is 0. The molecule has 0 saturated heterocycles. The predicted octanol–water partition coefficient (Wildman–Crippen LogP) is 5.52. The molecule has 3 aromatic carbocycles. The molecule has 0 fully saturated rings. The lowest BCUT2D eigenvalue weighted by Gasteiger charge is -2.26. The average molecular weight is 561 g/mol. The Morgan fingerprint density at radius 3 is 2.36 bits per heavy atom. The summed E-state index contributed by atoms with van der Waals surface area (Å²) in [6, 6.07) is 23.7. The van der Waals surface area contributed by atoms with Crippen molar-refractivity contribution in [1.82, 2.24) is 29.4 Å². The smallest absolute Gasteiger partial charge is 0.230 e. The van der Waals surface area contributed by atoms with E-state index in [9.17, 15) is 0 Å². The SMILES string of the molecule is COc1ccc(Cc2nc3c4c(ncn3n2)Oc2c(c(C)nn2-c2ccccc2)[C@@H]4c2ccc(OC)c(OC)c2)cc1. The predicted molar refractivity (Wildman–Crippen MR) is 155 cm³/mol. The molecule has 0 aliphatic carbocycles. The van der Waals surface area contributed by atoms with Crippen molar-refractivity contribution < 1.29 is 18.9 Å². The maximum absolute atomic E-state index is 6.54. The lowest BCUT2D eigenvalue weighted by molar-refractivity contribution is 0.354. The summed E-state index contributed by atoms with van der Waals surface area (Å²) in [5.74, 6) is 3.50. The van der Waals surface area contributed by atoms with Gasteiger partial charge >= 0.3 is 0 Å². The Bertz CT molecular complexity index is 1910. The average Bonchev–Trinajstić information content (AvgIpc) is 3.60. The van der Waals surface area contributed by atoms with Gasteiger partial charge in [0.05, 0.1) is 49.8 Å². The van der Waals surface area contributed by atoms with Crippen LogP contribution in [0.3, 0.4) is 0 Å². The Morgan fingerprint density at radius 1 is 0.833 bits per heavy atom. The highest BCUT2D eigenvalue weighted by molar-refractivity contribution is 5.67. The van der Waals surface area contributed by atoms with Crippen LogP contribution < -0.4 is 18.9 Å².